The van der Waals surface area contributed by atoms with E-state index in [1.807, 2.05) is 0 Å². The quantitative estimate of drug-likeness (QED) is 0.676. The Morgan fingerprint density at radius 3 is 2.35 bits per heavy atom. The van der Waals surface area contributed by atoms with Crippen LogP contribution in [0.3, 0.4) is 0 Å². The molecule has 4 heteroatoms. The SMILES string of the molecule is CCCNCC(CC)(CC)Cc1c(Br)c(C)nn1CC. The van der Waals surface area contributed by atoms with Crippen molar-refractivity contribution in [3.05, 3.63) is 15.9 Å². The zero-order valence-electron chi connectivity index (χ0n) is 13.7. The monoisotopic (exact) mass is 343 g/mol. The van der Waals surface area contributed by atoms with E-state index < -0.39 is 0 Å². The number of halogens is 1. The predicted octanol–water partition coefficient (Wildman–Crippen LogP) is 4.32. The van der Waals surface area contributed by atoms with Crippen LogP contribution in [0.15, 0.2) is 4.47 Å². The van der Waals surface area contributed by atoms with E-state index in [0.717, 1.165) is 31.7 Å². The predicted molar refractivity (Wildman–Crippen MR) is 90.2 cm³/mol. The average Bonchev–Trinajstić information content (AvgIpc) is 2.73. The molecule has 0 aliphatic rings. The van der Waals surface area contributed by atoms with Crippen molar-refractivity contribution in [3.8, 4) is 0 Å². The van der Waals surface area contributed by atoms with Crippen LogP contribution in [-0.4, -0.2) is 22.9 Å². The van der Waals surface area contributed by atoms with E-state index in [1.54, 1.807) is 0 Å². The summed E-state index contributed by atoms with van der Waals surface area (Å²) in [4.78, 5) is 0. The van der Waals surface area contributed by atoms with Gasteiger partial charge in [-0.3, -0.25) is 4.68 Å². The van der Waals surface area contributed by atoms with E-state index in [0.29, 0.717) is 5.41 Å². The van der Waals surface area contributed by atoms with Gasteiger partial charge in [0.15, 0.2) is 0 Å². The lowest BCUT2D eigenvalue weighted by atomic mass is 9.78. The van der Waals surface area contributed by atoms with E-state index in [1.165, 1.54) is 29.4 Å². The second kappa shape index (κ2) is 8.18. The number of aryl methyl sites for hydroxylation is 2. The third-order valence-electron chi connectivity index (χ3n) is 4.42. The first-order valence-electron chi connectivity index (χ1n) is 7.96. The van der Waals surface area contributed by atoms with E-state index in [4.69, 9.17) is 0 Å². The molecule has 116 valence electrons. The van der Waals surface area contributed by atoms with Crippen LogP contribution < -0.4 is 5.32 Å². The van der Waals surface area contributed by atoms with E-state index in [-0.39, 0.29) is 0 Å². The Kier molecular flexibility index (Phi) is 7.24. The molecule has 0 aliphatic heterocycles. The van der Waals surface area contributed by atoms with Crippen molar-refractivity contribution in [2.24, 2.45) is 5.41 Å². The first-order valence-corrected chi connectivity index (χ1v) is 8.75. The van der Waals surface area contributed by atoms with Gasteiger partial charge >= 0.3 is 0 Å². The molecule has 1 heterocycles. The van der Waals surface area contributed by atoms with Crippen molar-refractivity contribution in [3.63, 3.8) is 0 Å². The van der Waals surface area contributed by atoms with Crippen LogP contribution in [0.5, 0.6) is 0 Å². The fourth-order valence-corrected chi connectivity index (χ4v) is 3.16. The number of hydrogen-bond donors (Lipinski definition) is 1. The summed E-state index contributed by atoms with van der Waals surface area (Å²) >= 11 is 3.73. The molecule has 1 aromatic rings. The standard InChI is InChI=1S/C16H30BrN3/c1-6-10-18-12-16(7-2,8-3)11-14-15(17)13(5)19-20(14)9-4/h18H,6-12H2,1-5H3. The molecule has 0 saturated heterocycles. The van der Waals surface area contributed by atoms with E-state index in [2.05, 4.69) is 65.6 Å². The van der Waals surface area contributed by atoms with Crippen LogP contribution >= 0.6 is 15.9 Å². The third-order valence-corrected chi connectivity index (χ3v) is 5.45. The van der Waals surface area contributed by atoms with Gasteiger partial charge in [0.2, 0.25) is 0 Å². The zero-order chi connectivity index (χ0) is 15.2. The van der Waals surface area contributed by atoms with Crippen LogP contribution in [0, 0.1) is 12.3 Å². The molecular weight excluding hydrogens is 314 g/mol. The van der Waals surface area contributed by atoms with Gasteiger partial charge in [0.25, 0.3) is 0 Å². The van der Waals surface area contributed by atoms with Gasteiger partial charge in [-0.25, -0.2) is 0 Å². The summed E-state index contributed by atoms with van der Waals surface area (Å²) in [6.45, 7) is 14.2. The van der Waals surface area contributed by atoms with E-state index in [9.17, 15) is 0 Å². The molecule has 1 rings (SSSR count). The van der Waals surface area contributed by atoms with Gasteiger partial charge in [0.05, 0.1) is 15.9 Å². The molecule has 0 spiro atoms. The van der Waals surface area contributed by atoms with E-state index >= 15 is 0 Å². The van der Waals surface area contributed by atoms with Crippen LogP contribution in [0.25, 0.3) is 0 Å². The molecule has 20 heavy (non-hydrogen) atoms. The van der Waals surface area contributed by atoms with Crippen molar-refractivity contribution in [1.82, 2.24) is 15.1 Å². The minimum atomic E-state index is 0.330. The van der Waals surface area contributed by atoms with Crippen molar-refractivity contribution in [2.75, 3.05) is 13.1 Å². The smallest absolute Gasteiger partial charge is 0.0738 e. The summed E-state index contributed by atoms with van der Waals surface area (Å²) in [5, 5.41) is 8.24. The van der Waals surface area contributed by atoms with Crippen LogP contribution in [0.1, 0.15) is 58.3 Å². The van der Waals surface area contributed by atoms with Crippen LogP contribution in [0.2, 0.25) is 0 Å². The Morgan fingerprint density at radius 2 is 1.85 bits per heavy atom. The summed E-state index contributed by atoms with van der Waals surface area (Å²) in [6.07, 6.45) is 4.67. The lowest BCUT2D eigenvalue weighted by molar-refractivity contribution is 0.240. The van der Waals surface area contributed by atoms with Gasteiger partial charge in [0, 0.05) is 13.1 Å². The fraction of sp³-hybridized carbons (Fsp3) is 0.812. The maximum absolute atomic E-state index is 4.63. The van der Waals surface area contributed by atoms with Crippen LogP contribution in [0.4, 0.5) is 0 Å². The molecule has 0 aromatic carbocycles. The Hall–Kier alpha value is -0.350. The Bertz CT molecular complexity index is 408. The molecule has 3 nitrogen and oxygen atoms in total. The van der Waals surface area contributed by atoms with Gasteiger partial charge < -0.3 is 5.32 Å². The lowest BCUT2D eigenvalue weighted by Crippen LogP contribution is -2.36. The molecule has 1 N–H and O–H groups in total. The molecule has 0 bridgehead atoms. The normalized spacial score (nSPS) is 12.1. The first kappa shape index (κ1) is 17.7. The van der Waals surface area contributed by atoms with Gasteiger partial charge in [-0.2, -0.15) is 5.10 Å². The van der Waals surface area contributed by atoms with Crippen LogP contribution in [-0.2, 0) is 13.0 Å². The highest BCUT2D eigenvalue weighted by atomic mass is 79.9. The molecule has 0 atom stereocenters. The molecule has 0 fully saturated rings. The Labute approximate surface area is 132 Å². The summed E-state index contributed by atoms with van der Waals surface area (Å²) in [5.74, 6) is 0. The fourth-order valence-electron chi connectivity index (χ4n) is 2.74. The maximum atomic E-state index is 4.63. The summed E-state index contributed by atoms with van der Waals surface area (Å²) in [7, 11) is 0. The van der Waals surface area contributed by atoms with Crippen molar-refractivity contribution in [2.45, 2.75) is 66.8 Å². The average molecular weight is 344 g/mol. The molecule has 0 radical (unpaired) electrons. The molecule has 0 aliphatic carbocycles. The lowest BCUT2D eigenvalue weighted by Gasteiger charge is -2.32. The first-order chi connectivity index (χ1) is 9.53. The number of aromatic nitrogens is 2. The molecule has 0 unspecified atom stereocenters. The highest BCUT2D eigenvalue weighted by Gasteiger charge is 2.29. The van der Waals surface area contributed by atoms with Gasteiger partial charge in [-0.1, -0.05) is 20.8 Å². The maximum Gasteiger partial charge on any atom is 0.0738 e. The van der Waals surface area contributed by atoms with Crippen molar-refractivity contribution >= 4 is 15.9 Å². The van der Waals surface area contributed by atoms with Gasteiger partial charge in [-0.05, 0) is 67.4 Å². The number of nitrogens with zero attached hydrogens (tertiary/aromatic N) is 2. The molecular formula is C16H30BrN3. The Balaban J connectivity index is 2.94. The van der Waals surface area contributed by atoms with Crippen molar-refractivity contribution in [1.29, 1.82) is 0 Å². The second-order valence-corrected chi connectivity index (χ2v) is 6.52. The van der Waals surface area contributed by atoms with Gasteiger partial charge in [-0.15, -0.1) is 0 Å². The zero-order valence-corrected chi connectivity index (χ0v) is 15.3. The molecule has 1 aromatic heterocycles. The molecule has 0 amide bonds. The minimum absolute atomic E-state index is 0.330. The number of hydrogen-bond acceptors (Lipinski definition) is 2. The topological polar surface area (TPSA) is 29.9 Å². The highest BCUT2D eigenvalue weighted by Crippen LogP contribution is 2.34. The minimum Gasteiger partial charge on any atom is -0.316 e. The van der Waals surface area contributed by atoms with Crippen molar-refractivity contribution < 1.29 is 0 Å². The molecule has 0 saturated carbocycles. The second-order valence-electron chi connectivity index (χ2n) is 5.72. The largest absolute Gasteiger partial charge is 0.316 e. The van der Waals surface area contributed by atoms with Gasteiger partial charge in [0.1, 0.15) is 0 Å². The summed E-state index contributed by atoms with van der Waals surface area (Å²) in [5.41, 5.74) is 2.79. The Morgan fingerprint density at radius 1 is 1.20 bits per heavy atom. The third kappa shape index (κ3) is 4.08. The number of nitrogens with one attached hydrogen (secondary N) is 1. The summed E-state index contributed by atoms with van der Waals surface area (Å²) in [6, 6.07) is 0. The highest BCUT2D eigenvalue weighted by molar-refractivity contribution is 9.10. The summed E-state index contributed by atoms with van der Waals surface area (Å²) < 4.78 is 3.35. The number of rotatable bonds is 9.